The standard InChI is InChI=1S/C27H28N10O/c1-15-11-30-37(14-15)24-7-6-20(12-28-24)19(5)32-27(38)25-16(2)8-21(13-29-25)26-31-17(3)9-22(34-26)33-23-10-18(4)35-36-23/h6-14,19H,1-5H3,(H,32,38)(H2,31,33,34,35,36)/t19-/m0/s1. The first-order chi connectivity index (χ1) is 18.2. The third kappa shape index (κ3) is 5.41. The highest BCUT2D eigenvalue weighted by atomic mass is 16.1. The molecule has 0 spiro atoms. The van der Waals surface area contributed by atoms with Crippen molar-refractivity contribution in [2.24, 2.45) is 0 Å². The summed E-state index contributed by atoms with van der Waals surface area (Å²) >= 11 is 0. The van der Waals surface area contributed by atoms with Crippen LogP contribution in [-0.2, 0) is 0 Å². The first-order valence-electron chi connectivity index (χ1n) is 12.2. The van der Waals surface area contributed by atoms with E-state index < -0.39 is 0 Å². The fourth-order valence-corrected chi connectivity index (χ4v) is 3.99. The van der Waals surface area contributed by atoms with Gasteiger partial charge in [0, 0.05) is 47.7 Å². The zero-order valence-corrected chi connectivity index (χ0v) is 21.8. The molecule has 5 aromatic rings. The Morgan fingerprint density at radius 2 is 1.82 bits per heavy atom. The van der Waals surface area contributed by atoms with Crippen LogP contribution < -0.4 is 10.6 Å². The Balaban J connectivity index is 1.29. The highest BCUT2D eigenvalue weighted by Crippen LogP contribution is 2.22. The summed E-state index contributed by atoms with van der Waals surface area (Å²) in [5, 5.41) is 17.6. The number of aryl methyl sites for hydroxylation is 4. The summed E-state index contributed by atoms with van der Waals surface area (Å²) in [7, 11) is 0. The minimum Gasteiger partial charge on any atom is -0.344 e. The number of H-pyrrole nitrogens is 1. The summed E-state index contributed by atoms with van der Waals surface area (Å²) < 4.78 is 1.71. The molecule has 0 saturated carbocycles. The van der Waals surface area contributed by atoms with Gasteiger partial charge in [0.1, 0.15) is 11.5 Å². The molecule has 11 nitrogen and oxygen atoms in total. The highest BCUT2D eigenvalue weighted by molar-refractivity contribution is 5.94. The monoisotopic (exact) mass is 508 g/mol. The number of nitrogens with zero attached hydrogens (tertiary/aromatic N) is 7. The lowest BCUT2D eigenvalue weighted by atomic mass is 10.1. The molecule has 0 fully saturated rings. The molecule has 0 aliphatic heterocycles. The molecule has 38 heavy (non-hydrogen) atoms. The first kappa shape index (κ1) is 24.8. The third-order valence-corrected chi connectivity index (χ3v) is 5.93. The minimum atomic E-state index is -0.269. The van der Waals surface area contributed by atoms with Gasteiger partial charge >= 0.3 is 0 Å². The number of nitrogens with one attached hydrogen (secondary N) is 3. The lowest BCUT2D eigenvalue weighted by Crippen LogP contribution is -2.28. The maximum atomic E-state index is 13.0. The molecule has 0 bridgehead atoms. The van der Waals surface area contributed by atoms with Crippen molar-refractivity contribution in [2.75, 3.05) is 5.32 Å². The summed E-state index contributed by atoms with van der Waals surface area (Å²) in [6, 6.07) is 9.14. The maximum Gasteiger partial charge on any atom is 0.270 e. The molecule has 0 aromatic carbocycles. The van der Waals surface area contributed by atoms with E-state index in [0.717, 1.165) is 28.1 Å². The quantitative estimate of drug-likeness (QED) is 0.296. The zero-order chi connectivity index (χ0) is 26.8. The number of amides is 1. The SMILES string of the molecule is Cc1cnn(-c2ccc([C@H](C)NC(=O)c3ncc(-c4nc(C)cc(Nc5cc(C)[nH]n5)n4)cc3C)cn2)c1. The molecule has 1 amide bonds. The van der Waals surface area contributed by atoms with Gasteiger partial charge in [-0.3, -0.25) is 14.9 Å². The average Bonchev–Trinajstić information content (AvgIpc) is 3.51. The van der Waals surface area contributed by atoms with Gasteiger partial charge in [-0.2, -0.15) is 10.2 Å². The fraction of sp³-hybridized carbons (Fsp3) is 0.222. The van der Waals surface area contributed by atoms with Crippen LogP contribution in [0.5, 0.6) is 0 Å². The van der Waals surface area contributed by atoms with Gasteiger partial charge in [-0.25, -0.2) is 19.6 Å². The molecule has 0 unspecified atom stereocenters. The van der Waals surface area contributed by atoms with Crippen LogP contribution in [0, 0.1) is 27.7 Å². The van der Waals surface area contributed by atoms with Gasteiger partial charge in [0.2, 0.25) is 0 Å². The van der Waals surface area contributed by atoms with Crippen molar-refractivity contribution in [3.63, 3.8) is 0 Å². The van der Waals surface area contributed by atoms with Gasteiger partial charge in [-0.15, -0.1) is 0 Å². The second kappa shape index (κ2) is 10.2. The molecular weight excluding hydrogens is 480 g/mol. The van der Waals surface area contributed by atoms with Crippen molar-refractivity contribution in [2.45, 2.75) is 40.7 Å². The van der Waals surface area contributed by atoms with E-state index >= 15 is 0 Å². The molecular formula is C27H28N10O. The van der Waals surface area contributed by atoms with Crippen LogP contribution >= 0.6 is 0 Å². The second-order valence-corrected chi connectivity index (χ2v) is 9.28. The molecule has 5 aromatic heterocycles. The van der Waals surface area contributed by atoms with Gasteiger partial charge in [-0.05, 0) is 63.4 Å². The van der Waals surface area contributed by atoms with Gasteiger partial charge in [0.05, 0.1) is 12.2 Å². The summed E-state index contributed by atoms with van der Waals surface area (Å²) in [6.07, 6.45) is 7.05. The summed E-state index contributed by atoms with van der Waals surface area (Å²) in [6.45, 7) is 9.56. The maximum absolute atomic E-state index is 13.0. The predicted octanol–water partition coefficient (Wildman–Crippen LogP) is 4.31. The number of aromatic nitrogens is 8. The number of carbonyl (C=O) groups is 1. The van der Waals surface area contributed by atoms with Crippen LogP contribution in [0.15, 0.2) is 55.1 Å². The summed E-state index contributed by atoms with van der Waals surface area (Å²) in [5.41, 5.74) is 5.44. The Labute approximate surface area is 219 Å². The number of hydrogen-bond donors (Lipinski definition) is 3. The molecule has 0 radical (unpaired) electrons. The van der Waals surface area contributed by atoms with E-state index in [1.54, 1.807) is 23.3 Å². The zero-order valence-electron chi connectivity index (χ0n) is 21.8. The van der Waals surface area contributed by atoms with E-state index in [0.29, 0.717) is 34.5 Å². The largest absolute Gasteiger partial charge is 0.344 e. The Kier molecular flexibility index (Phi) is 6.65. The van der Waals surface area contributed by atoms with Crippen molar-refractivity contribution in [1.82, 2.24) is 45.2 Å². The van der Waals surface area contributed by atoms with Gasteiger partial charge in [-0.1, -0.05) is 6.07 Å². The van der Waals surface area contributed by atoms with Crippen molar-refractivity contribution < 1.29 is 4.79 Å². The molecule has 0 saturated heterocycles. The Morgan fingerprint density at radius 1 is 0.974 bits per heavy atom. The Morgan fingerprint density at radius 3 is 2.47 bits per heavy atom. The van der Waals surface area contributed by atoms with Crippen molar-refractivity contribution >= 4 is 17.5 Å². The van der Waals surface area contributed by atoms with Crippen molar-refractivity contribution in [3.8, 4) is 17.2 Å². The van der Waals surface area contributed by atoms with E-state index in [-0.39, 0.29) is 11.9 Å². The lowest BCUT2D eigenvalue weighted by Gasteiger charge is -2.15. The number of anilines is 2. The molecule has 5 heterocycles. The molecule has 5 rings (SSSR count). The minimum absolute atomic E-state index is 0.260. The number of hydrogen-bond acceptors (Lipinski definition) is 8. The van der Waals surface area contributed by atoms with E-state index in [4.69, 9.17) is 0 Å². The number of carbonyl (C=O) groups excluding carboxylic acids is 1. The van der Waals surface area contributed by atoms with Crippen LogP contribution in [0.25, 0.3) is 17.2 Å². The third-order valence-electron chi connectivity index (χ3n) is 5.93. The highest BCUT2D eigenvalue weighted by Gasteiger charge is 2.17. The Hall–Kier alpha value is -4.93. The van der Waals surface area contributed by atoms with Crippen LogP contribution in [0.4, 0.5) is 11.6 Å². The second-order valence-electron chi connectivity index (χ2n) is 9.28. The number of pyridine rings is 2. The normalized spacial score (nSPS) is 11.8. The molecule has 1 atom stereocenters. The van der Waals surface area contributed by atoms with Crippen molar-refractivity contribution in [1.29, 1.82) is 0 Å². The molecule has 3 N–H and O–H groups in total. The molecule has 11 heteroatoms. The molecule has 192 valence electrons. The predicted molar refractivity (Wildman–Crippen MR) is 143 cm³/mol. The van der Waals surface area contributed by atoms with E-state index in [9.17, 15) is 4.79 Å². The molecule has 0 aliphatic rings. The fourth-order valence-electron chi connectivity index (χ4n) is 3.99. The van der Waals surface area contributed by atoms with Gasteiger partial charge < -0.3 is 10.6 Å². The smallest absolute Gasteiger partial charge is 0.270 e. The van der Waals surface area contributed by atoms with Gasteiger partial charge in [0.15, 0.2) is 17.5 Å². The van der Waals surface area contributed by atoms with E-state index in [1.165, 1.54) is 0 Å². The Bertz CT molecular complexity index is 1600. The average molecular weight is 509 g/mol. The van der Waals surface area contributed by atoms with Crippen LogP contribution in [0.3, 0.4) is 0 Å². The summed E-state index contributed by atoms with van der Waals surface area (Å²) in [4.78, 5) is 31.1. The van der Waals surface area contributed by atoms with Crippen molar-refractivity contribution in [3.05, 3.63) is 88.9 Å². The number of rotatable bonds is 7. The van der Waals surface area contributed by atoms with Crippen LogP contribution in [0.2, 0.25) is 0 Å². The van der Waals surface area contributed by atoms with E-state index in [2.05, 4.69) is 45.9 Å². The topological polar surface area (TPSA) is 139 Å². The van der Waals surface area contributed by atoms with E-state index in [1.807, 2.05) is 71.1 Å². The summed E-state index contributed by atoms with van der Waals surface area (Å²) in [5.74, 6) is 2.24. The van der Waals surface area contributed by atoms with Crippen LogP contribution in [-0.4, -0.2) is 45.8 Å². The lowest BCUT2D eigenvalue weighted by molar-refractivity contribution is 0.0934. The van der Waals surface area contributed by atoms with Crippen LogP contribution in [0.1, 0.15) is 51.5 Å². The van der Waals surface area contributed by atoms with Gasteiger partial charge in [0.25, 0.3) is 5.91 Å². The molecule has 0 aliphatic carbocycles. The first-order valence-corrected chi connectivity index (χ1v) is 12.2. The number of aromatic amines is 1.